The number of piperidine rings is 1. The first-order chi connectivity index (χ1) is 10.5. The minimum absolute atomic E-state index is 0.0635. The minimum Gasteiger partial charge on any atom is -0.332 e. The Hall–Kier alpha value is -1.15. The van der Waals surface area contributed by atoms with E-state index in [0.717, 1.165) is 35.7 Å². The molecule has 8 heteroatoms. The average Bonchev–Trinajstić information content (AvgIpc) is 3.09. The Morgan fingerprint density at radius 2 is 2.05 bits per heavy atom. The summed E-state index contributed by atoms with van der Waals surface area (Å²) in [5.74, 6) is -0.388. The standard InChI is InChI=1S/C14H18F3N3OS/c15-14(16,17)9-19-7-4-11(13(19)21)20-6-2-1-3-10(20)12-18-5-8-22-12/h5,8,10-11H,1-4,6-7,9H2/t10-,11-/m1/s1. The maximum Gasteiger partial charge on any atom is 0.406 e. The van der Waals surface area contributed by atoms with Gasteiger partial charge in [0.15, 0.2) is 0 Å². The zero-order valence-electron chi connectivity index (χ0n) is 12.1. The van der Waals surface area contributed by atoms with Crippen molar-refractivity contribution in [2.24, 2.45) is 0 Å². The fraction of sp³-hybridized carbons (Fsp3) is 0.714. The zero-order valence-corrected chi connectivity index (χ0v) is 12.9. The number of hydrogen-bond donors (Lipinski definition) is 0. The van der Waals surface area contributed by atoms with Crippen LogP contribution in [0.15, 0.2) is 11.6 Å². The minimum atomic E-state index is -4.33. The third-order valence-corrected chi connectivity index (χ3v) is 5.20. The molecule has 0 spiro atoms. The molecule has 2 aliphatic rings. The highest BCUT2D eigenvalue weighted by atomic mass is 32.1. The summed E-state index contributed by atoms with van der Waals surface area (Å²) in [5.41, 5.74) is 0. The Kier molecular flexibility index (Phi) is 4.40. The first-order valence-corrected chi connectivity index (χ1v) is 8.34. The number of carbonyl (C=O) groups excluding carboxylic acids is 1. The van der Waals surface area contributed by atoms with E-state index in [1.807, 2.05) is 5.38 Å². The number of amides is 1. The SMILES string of the molecule is O=C1[C@H](N2CCCC[C@@H]2c2nccs2)CCN1CC(F)(F)F. The summed E-state index contributed by atoms with van der Waals surface area (Å²) in [6.07, 6.45) is 0.826. The second-order valence-corrected chi connectivity index (χ2v) is 6.73. The van der Waals surface area contributed by atoms with Crippen LogP contribution in [0.3, 0.4) is 0 Å². The van der Waals surface area contributed by atoms with Gasteiger partial charge >= 0.3 is 6.18 Å². The van der Waals surface area contributed by atoms with Crippen LogP contribution in [0.1, 0.15) is 36.7 Å². The maximum atomic E-state index is 12.5. The van der Waals surface area contributed by atoms with E-state index < -0.39 is 18.8 Å². The monoisotopic (exact) mass is 333 g/mol. The number of aromatic nitrogens is 1. The summed E-state index contributed by atoms with van der Waals surface area (Å²) >= 11 is 1.55. The molecule has 0 radical (unpaired) electrons. The predicted molar refractivity (Wildman–Crippen MR) is 76.5 cm³/mol. The van der Waals surface area contributed by atoms with E-state index in [-0.39, 0.29) is 18.5 Å². The van der Waals surface area contributed by atoms with Gasteiger partial charge in [-0.25, -0.2) is 4.98 Å². The van der Waals surface area contributed by atoms with Crippen LogP contribution in [0.25, 0.3) is 0 Å². The molecule has 2 saturated heterocycles. The van der Waals surface area contributed by atoms with E-state index in [0.29, 0.717) is 6.42 Å². The van der Waals surface area contributed by atoms with Crippen molar-refractivity contribution in [2.75, 3.05) is 19.6 Å². The van der Waals surface area contributed by atoms with Crippen molar-refractivity contribution in [3.8, 4) is 0 Å². The highest BCUT2D eigenvalue weighted by molar-refractivity contribution is 7.09. The third-order valence-electron chi connectivity index (χ3n) is 4.32. The quantitative estimate of drug-likeness (QED) is 0.853. The summed E-state index contributed by atoms with van der Waals surface area (Å²) in [7, 11) is 0. The van der Waals surface area contributed by atoms with E-state index in [1.165, 1.54) is 0 Å². The Morgan fingerprint density at radius 3 is 2.73 bits per heavy atom. The normalized spacial score (nSPS) is 27.6. The molecule has 0 aliphatic carbocycles. The van der Waals surface area contributed by atoms with Crippen molar-refractivity contribution in [1.29, 1.82) is 0 Å². The number of rotatable bonds is 3. The molecule has 0 unspecified atom stereocenters. The van der Waals surface area contributed by atoms with Gasteiger partial charge in [0.2, 0.25) is 5.91 Å². The molecule has 4 nitrogen and oxygen atoms in total. The molecule has 122 valence electrons. The summed E-state index contributed by atoms with van der Waals surface area (Å²) < 4.78 is 37.6. The van der Waals surface area contributed by atoms with Gasteiger partial charge in [-0.2, -0.15) is 13.2 Å². The topological polar surface area (TPSA) is 36.4 Å². The van der Waals surface area contributed by atoms with Crippen molar-refractivity contribution in [3.05, 3.63) is 16.6 Å². The lowest BCUT2D eigenvalue weighted by atomic mass is 9.99. The molecule has 1 aromatic heterocycles. The van der Waals surface area contributed by atoms with Crippen LogP contribution in [-0.4, -0.2) is 52.5 Å². The molecule has 22 heavy (non-hydrogen) atoms. The fourth-order valence-corrected chi connectivity index (χ4v) is 4.19. The van der Waals surface area contributed by atoms with Crippen LogP contribution in [0.4, 0.5) is 13.2 Å². The van der Waals surface area contributed by atoms with Crippen molar-refractivity contribution in [2.45, 2.75) is 43.9 Å². The fourth-order valence-electron chi connectivity index (χ4n) is 3.39. The molecule has 1 amide bonds. The highest BCUT2D eigenvalue weighted by Gasteiger charge is 2.44. The molecule has 3 rings (SSSR count). The lowest BCUT2D eigenvalue weighted by Crippen LogP contribution is -2.47. The van der Waals surface area contributed by atoms with E-state index in [9.17, 15) is 18.0 Å². The molecule has 0 aromatic carbocycles. The first-order valence-electron chi connectivity index (χ1n) is 7.46. The summed E-state index contributed by atoms with van der Waals surface area (Å²) in [4.78, 5) is 19.7. The van der Waals surface area contributed by atoms with Crippen LogP contribution >= 0.6 is 11.3 Å². The first kappa shape index (κ1) is 15.7. The molecule has 2 atom stereocenters. The van der Waals surface area contributed by atoms with Crippen LogP contribution < -0.4 is 0 Å². The van der Waals surface area contributed by atoms with Crippen LogP contribution in [0, 0.1) is 0 Å². The third kappa shape index (κ3) is 3.27. The maximum absolute atomic E-state index is 12.5. The molecule has 0 N–H and O–H groups in total. The lowest BCUT2D eigenvalue weighted by molar-refractivity contribution is -0.159. The van der Waals surface area contributed by atoms with Gasteiger partial charge in [-0.15, -0.1) is 11.3 Å². The van der Waals surface area contributed by atoms with Gasteiger partial charge in [-0.05, 0) is 25.8 Å². The average molecular weight is 333 g/mol. The van der Waals surface area contributed by atoms with Gasteiger partial charge in [0, 0.05) is 18.1 Å². The van der Waals surface area contributed by atoms with Gasteiger partial charge in [0.1, 0.15) is 11.6 Å². The number of hydrogen-bond acceptors (Lipinski definition) is 4. The molecular weight excluding hydrogens is 315 g/mol. The lowest BCUT2D eigenvalue weighted by Gasteiger charge is -2.37. The van der Waals surface area contributed by atoms with E-state index in [2.05, 4.69) is 9.88 Å². The number of nitrogens with zero attached hydrogens (tertiary/aromatic N) is 3. The highest BCUT2D eigenvalue weighted by Crippen LogP contribution is 2.36. The van der Waals surface area contributed by atoms with Gasteiger partial charge in [-0.3, -0.25) is 9.69 Å². The number of alkyl halides is 3. The number of likely N-dealkylation sites (tertiary alicyclic amines) is 2. The van der Waals surface area contributed by atoms with Gasteiger partial charge in [0.25, 0.3) is 0 Å². The second kappa shape index (κ2) is 6.16. The number of carbonyl (C=O) groups is 1. The van der Waals surface area contributed by atoms with Crippen molar-refractivity contribution >= 4 is 17.2 Å². The predicted octanol–water partition coefficient (Wildman–Crippen LogP) is 2.83. The van der Waals surface area contributed by atoms with Crippen LogP contribution in [-0.2, 0) is 4.79 Å². The largest absolute Gasteiger partial charge is 0.406 e. The van der Waals surface area contributed by atoms with Gasteiger partial charge in [-0.1, -0.05) is 6.42 Å². The second-order valence-electron chi connectivity index (χ2n) is 5.80. The van der Waals surface area contributed by atoms with Crippen LogP contribution in [0.2, 0.25) is 0 Å². The van der Waals surface area contributed by atoms with E-state index >= 15 is 0 Å². The molecule has 2 aliphatic heterocycles. The smallest absolute Gasteiger partial charge is 0.332 e. The summed E-state index contributed by atoms with van der Waals surface area (Å²) in [6.45, 7) is -0.206. The summed E-state index contributed by atoms with van der Waals surface area (Å²) in [6, 6.07) is -0.370. The molecule has 2 fully saturated rings. The van der Waals surface area contributed by atoms with Crippen molar-refractivity contribution in [3.63, 3.8) is 0 Å². The van der Waals surface area contributed by atoms with E-state index in [4.69, 9.17) is 0 Å². The van der Waals surface area contributed by atoms with Gasteiger partial charge in [0.05, 0.1) is 12.1 Å². The Bertz CT molecular complexity index is 520. The molecule has 0 saturated carbocycles. The van der Waals surface area contributed by atoms with E-state index in [1.54, 1.807) is 17.5 Å². The Morgan fingerprint density at radius 1 is 1.23 bits per heavy atom. The molecular formula is C14H18F3N3OS. The molecule has 0 bridgehead atoms. The van der Waals surface area contributed by atoms with Gasteiger partial charge < -0.3 is 4.90 Å². The van der Waals surface area contributed by atoms with Crippen LogP contribution in [0.5, 0.6) is 0 Å². The summed E-state index contributed by atoms with van der Waals surface area (Å²) in [5, 5.41) is 2.86. The molecule has 1 aromatic rings. The molecule has 3 heterocycles. The zero-order chi connectivity index (χ0) is 15.7. The Balaban J connectivity index is 1.73. The van der Waals surface area contributed by atoms with Crippen molar-refractivity contribution in [1.82, 2.24) is 14.8 Å². The Labute approximate surface area is 130 Å². The van der Waals surface area contributed by atoms with Crippen molar-refractivity contribution < 1.29 is 18.0 Å². The number of thiazole rings is 1. The number of halogens is 3.